The number of hydrogen-bond donors (Lipinski definition) is 2. The van der Waals surface area contributed by atoms with E-state index < -0.39 is 12.0 Å². The maximum absolute atomic E-state index is 12.2. The van der Waals surface area contributed by atoms with Crippen LogP contribution in [0.3, 0.4) is 0 Å². The van der Waals surface area contributed by atoms with Gasteiger partial charge in [-0.25, -0.2) is 0 Å². The van der Waals surface area contributed by atoms with Gasteiger partial charge < -0.3 is 15.3 Å². The molecule has 0 radical (unpaired) electrons. The Morgan fingerprint density at radius 1 is 1.53 bits per heavy atom. The van der Waals surface area contributed by atoms with Crippen LogP contribution in [0.5, 0.6) is 0 Å². The molecule has 0 aromatic heterocycles. The van der Waals surface area contributed by atoms with Crippen molar-refractivity contribution < 1.29 is 14.7 Å². The van der Waals surface area contributed by atoms with Crippen LogP contribution in [0.4, 0.5) is 5.69 Å². The van der Waals surface area contributed by atoms with Gasteiger partial charge in [-0.3, -0.25) is 9.59 Å². The van der Waals surface area contributed by atoms with E-state index in [2.05, 4.69) is 5.32 Å². The van der Waals surface area contributed by atoms with Crippen LogP contribution in [0.1, 0.15) is 12.0 Å². The first kappa shape index (κ1) is 13.1. The Morgan fingerprint density at radius 3 is 2.95 bits per heavy atom. The van der Waals surface area contributed by atoms with Crippen LogP contribution in [0.25, 0.3) is 0 Å². The fourth-order valence-corrected chi connectivity index (χ4v) is 2.11. The molecule has 98 valence electrons. The lowest BCUT2D eigenvalue weighted by atomic mass is 10.1. The highest BCUT2D eigenvalue weighted by Gasteiger charge is 2.31. The van der Waals surface area contributed by atoms with Crippen LogP contribution in [-0.4, -0.2) is 36.1 Å². The molecule has 6 nitrogen and oxygen atoms in total. The summed E-state index contributed by atoms with van der Waals surface area (Å²) in [4.78, 5) is 24.4. The fourth-order valence-electron chi connectivity index (χ4n) is 2.11. The number of nitriles is 1. The van der Waals surface area contributed by atoms with Crippen molar-refractivity contribution in [3.8, 4) is 6.07 Å². The molecule has 1 saturated heterocycles. The quantitative estimate of drug-likeness (QED) is 0.816. The number of hydrogen-bond acceptors (Lipinski definition) is 4. The zero-order valence-electron chi connectivity index (χ0n) is 10.2. The summed E-state index contributed by atoms with van der Waals surface area (Å²) in [6.45, 7) is 0.928. The summed E-state index contributed by atoms with van der Waals surface area (Å²) < 4.78 is 0. The second-order valence-electron chi connectivity index (χ2n) is 4.22. The highest BCUT2D eigenvalue weighted by Crippen LogP contribution is 2.22. The highest BCUT2D eigenvalue weighted by atomic mass is 16.4. The molecule has 2 N–H and O–H groups in total. The van der Waals surface area contributed by atoms with E-state index in [9.17, 15) is 9.59 Å². The Kier molecular flexibility index (Phi) is 3.78. The van der Waals surface area contributed by atoms with Gasteiger partial charge in [-0.15, -0.1) is 0 Å². The number of para-hydroxylation sites is 1. The van der Waals surface area contributed by atoms with Gasteiger partial charge in [-0.1, -0.05) is 12.1 Å². The number of anilines is 1. The Bertz CT molecular complexity index is 550. The molecule has 1 fully saturated rings. The van der Waals surface area contributed by atoms with Gasteiger partial charge in [0.15, 0.2) is 0 Å². The molecule has 1 aromatic rings. The second kappa shape index (κ2) is 5.50. The van der Waals surface area contributed by atoms with Gasteiger partial charge >= 0.3 is 5.97 Å². The SMILES string of the molecule is N#Cc1ccccc1N1CCNC(CC(=O)O)C1=O. The largest absolute Gasteiger partial charge is 0.481 e. The highest BCUT2D eigenvalue weighted by molar-refractivity contribution is 6.00. The number of carbonyl (C=O) groups excluding carboxylic acids is 1. The van der Waals surface area contributed by atoms with E-state index in [1.165, 1.54) is 4.90 Å². The molecule has 0 aliphatic carbocycles. The molecular weight excluding hydrogens is 246 g/mol. The van der Waals surface area contributed by atoms with Crippen LogP contribution in [-0.2, 0) is 9.59 Å². The Labute approximate surface area is 110 Å². The number of carbonyl (C=O) groups is 2. The number of aliphatic carboxylic acids is 1. The van der Waals surface area contributed by atoms with Gasteiger partial charge in [-0.2, -0.15) is 5.26 Å². The summed E-state index contributed by atoms with van der Waals surface area (Å²) in [7, 11) is 0. The maximum Gasteiger partial charge on any atom is 0.305 e. The molecule has 1 unspecified atom stereocenters. The van der Waals surface area contributed by atoms with Crippen molar-refractivity contribution in [2.75, 3.05) is 18.0 Å². The van der Waals surface area contributed by atoms with Crippen LogP contribution in [0, 0.1) is 11.3 Å². The Morgan fingerprint density at radius 2 is 2.26 bits per heavy atom. The van der Waals surface area contributed by atoms with Crippen molar-refractivity contribution in [1.29, 1.82) is 5.26 Å². The van der Waals surface area contributed by atoms with E-state index in [1.54, 1.807) is 24.3 Å². The third kappa shape index (κ3) is 2.72. The number of carboxylic acids is 1. The lowest BCUT2D eigenvalue weighted by molar-refractivity contribution is -0.139. The third-order valence-electron chi connectivity index (χ3n) is 2.98. The van der Waals surface area contributed by atoms with Crippen LogP contribution < -0.4 is 10.2 Å². The second-order valence-corrected chi connectivity index (χ2v) is 4.22. The fraction of sp³-hybridized carbons (Fsp3) is 0.308. The third-order valence-corrected chi connectivity index (χ3v) is 2.98. The van der Waals surface area contributed by atoms with Crippen molar-refractivity contribution in [3.05, 3.63) is 29.8 Å². The van der Waals surface area contributed by atoms with Gasteiger partial charge in [0.25, 0.3) is 0 Å². The molecule has 1 aliphatic rings. The Balaban J connectivity index is 2.27. The van der Waals surface area contributed by atoms with Gasteiger partial charge in [0.2, 0.25) is 5.91 Å². The molecule has 0 bridgehead atoms. The van der Waals surface area contributed by atoms with Gasteiger partial charge in [0, 0.05) is 13.1 Å². The topological polar surface area (TPSA) is 93.4 Å². The molecule has 0 spiro atoms. The van der Waals surface area contributed by atoms with E-state index in [4.69, 9.17) is 10.4 Å². The number of nitrogens with one attached hydrogen (secondary N) is 1. The molecule has 1 heterocycles. The van der Waals surface area contributed by atoms with Crippen LogP contribution in [0.15, 0.2) is 24.3 Å². The van der Waals surface area contributed by atoms with Gasteiger partial charge in [-0.05, 0) is 12.1 Å². The Hall–Kier alpha value is -2.39. The summed E-state index contributed by atoms with van der Waals surface area (Å²) in [5.41, 5.74) is 0.943. The number of benzene rings is 1. The average Bonchev–Trinajstić information content (AvgIpc) is 2.41. The number of rotatable bonds is 3. The predicted molar refractivity (Wildman–Crippen MR) is 67.6 cm³/mol. The summed E-state index contributed by atoms with van der Waals surface area (Å²) in [6.07, 6.45) is -0.260. The minimum Gasteiger partial charge on any atom is -0.481 e. The molecule has 2 rings (SSSR count). The van der Waals surface area contributed by atoms with E-state index in [0.29, 0.717) is 24.3 Å². The predicted octanol–water partition coefficient (Wildman–Crippen LogP) is 0.338. The molecule has 1 amide bonds. The standard InChI is InChI=1S/C13H13N3O3/c14-8-9-3-1-2-4-11(9)16-6-5-15-10(13(16)19)7-12(17)18/h1-4,10,15H,5-7H2,(H,17,18). The lowest BCUT2D eigenvalue weighted by Crippen LogP contribution is -2.56. The minimum atomic E-state index is -1.03. The minimum absolute atomic E-state index is 0.260. The van der Waals surface area contributed by atoms with E-state index in [0.717, 1.165) is 0 Å². The zero-order chi connectivity index (χ0) is 13.8. The van der Waals surface area contributed by atoms with Gasteiger partial charge in [0.05, 0.1) is 23.7 Å². The van der Waals surface area contributed by atoms with E-state index in [1.807, 2.05) is 6.07 Å². The molecule has 19 heavy (non-hydrogen) atoms. The first-order valence-corrected chi connectivity index (χ1v) is 5.89. The van der Waals surface area contributed by atoms with Gasteiger partial charge in [0.1, 0.15) is 6.07 Å². The van der Waals surface area contributed by atoms with E-state index >= 15 is 0 Å². The summed E-state index contributed by atoms with van der Waals surface area (Å²) in [5, 5.41) is 20.7. The van der Waals surface area contributed by atoms with Crippen molar-refractivity contribution in [2.45, 2.75) is 12.5 Å². The van der Waals surface area contributed by atoms with Crippen molar-refractivity contribution in [1.82, 2.24) is 5.32 Å². The normalized spacial score (nSPS) is 19.0. The molecule has 1 aromatic carbocycles. The number of amides is 1. The average molecular weight is 259 g/mol. The van der Waals surface area contributed by atoms with Crippen LogP contribution in [0.2, 0.25) is 0 Å². The molecule has 0 saturated carbocycles. The smallest absolute Gasteiger partial charge is 0.305 e. The monoisotopic (exact) mass is 259 g/mol. The summed E-state index contributed by atoms with van der Waals surface area (Å²) >= 11 is 0. The van der Waals surface area contributed by atoms with E-state index in [-0.39, 0.29) is 12.3 Å². The summed E-state index contributed by atoms with van der Waals surface area (Å²) in [5.74, 6) is -1.34. The van der Waals surface area contributed by atoms with Crippen LogP contribution >= 0.6 is 0 Å². The summed E-state index contributed by atoms with van der Waals surface area (Å²) in [6, 6.07) is 8.10. The number of carboxylic acid groups (broad SMARTS) is 1. The number of piperazine rings is 1. The maximum atomic E-state index is 12.2. The lowest BCUT2D eigenvalue weighted by Gasteiger charge is -2.33. The molecule has 1 aliphatic heterocycles. The van der Waals surface area contributed by atoms with Crippen molar-refractivity contribution >= 4 is 17.6 Å². The number of nitrogens with zero attached hydrogens (tertiary/aromatic N) is 2. The zero-order valence-corrected chi connectivity index (χ0v) is 10.2. The van der Waals surface area contributed by atoms with Crippen molar-refractivity contribution in [3.63, 3.8) is 0 Å². The molecular formula is C13H13N3O3. The molecule has 6 heteroatoms. The molecule has 1 atom stereocenters. The van der Waals surface area contributed by atoms with Crippen molar-refractivity contribution in [2.24, 2.45) is 0 Å². The first-order chi connectivity index (χ1) is 9.13. The first-order valence-electron chi connectivity index (χ1n) is 5.89.